The summed E-state index contributed by atoms with van der Waals surface area (Å²) >= 11 is 0. The first-order valence-corrected chi connectivity index (χ1v) is 8.65. The summed E-state index contributed by atoms with van der Waals surface area (Å²) in [6.45, 7) is 3.28. The molecule has 0 N–H and O–H groups in total. The molecule has 0 spiro atoms. The van der Waals surface area contributed by atoms with Gasteiger partial charge in [-0.15, -0.1) is 0 Å². The Bertz CT molecular complexity index is 624. The van der Waals surface area contributed by atoms with Gasteiger partial charge in [0.1, 0.15) is 6.54 Å². The van der Waals surface area contributed by atoms with Crippen LogP contribution in [0.3, 0.4) is 0 Å². The maximum atomic E-state index is 12.8. The maximum absolute atomic E-state index is 12.8. The van der Waals surface area contributed by atoms with Gasteiger partial charge in [0.05, 0.1) is 6.04 Å². The zero-order chi connectivity index (χ0) is 15.8. The van der Waals surface area contributed by atoms with Crippen molar-refractivity contribution in [3.8, 4) is 0 Å². The van der Waals surface area contributed by atoms with Crippen LogP contribution in [0, 0.1) is 0 Å². The minimum atomic E-state index is 0.0231. The van der Waals surface area contributed by atoms with Crippen LogP contribution in [0.5, 0.6) is 0 Å². The smallest absolute Gasteiger partial charge is 0.320 e. The van der Waals surface area contributed by atoms with E-state index in [1.165, 1.54) is 17.5 Å². The van der Waals surface area contributed by atoms with E-state index < -0.39 is 0 Å². The third kappa shape index (κ3) is 2.58. The van der Waals surface area contributed by atoms with Crippen LogP contribution < -0.4 is 0 Å². The van der Waals surface area contributed by atoms with Gasteiger partial charge in [0.25, 0.3) is 0 Å². The van der Waals surface area contributed by atoms with Gasteiger partial charge in [-0.25, -0.2) is 4.79 Å². The Labute approximate surface area is 136 Å². The Morgan fingerprint density at radius 2 is 1.78 bits per heavy atom. The first kappa shape index (κ1) is 14.5. The van der Waals surface area contributed by atoms with Gasteiger partial charge in [-0.2, -0.15) is 0 Å². The normalized spacial score (nSPS) is 24.3. The number of rotatable bonds is 0. The van der Waals surface area contributed by atoms with E-state index in [1.54, 1.807) is 4.90 Å². The van der Waals surface area contributed by atoms with E-state index in [9.17, 15) is 9.59 Å². The second-order valence-corrected chi connectivity index (χ2v) is 6.76. The van der Waals surface area contributed by atoms with Gasteiger partial charge < -0.3 is 14.7 Å². The highest BCUT2D eigenvalue weighted by Gasteiger charge is 2.39. The van der Waals surface area contributed by atoms with E-state index in [0.29, 0.717) is 6.54 Å². The Morgan fingerprint density at radius 1 is 1.00 bits per heavy atom. The lowest BCUT2D eigenvalue weighted by Crippen LogP contribution is -2.58. The number of amides is 3. The fourth-order valence-electron chi connectivity index (χ4n) is 4.11. The molecular weight excluding hydrogens is 290 g/mol. The summed E-state index contributed by atoms with van der Waals surface area (Å²) in [6.07, 6.45) is 4.27. The molecular formula is C18H23N3O2. The van der Waals surface area contributed by atoms with E-state index in [4.69, 9.17) is 0 Å². The molecule has 5 heteroatoms. The number of carbonyl (C=O) groups excluding carboxylic acids is 2. The van der Waals surface area contributed by atoms with Gasteiger partial charge >= 0.3 is 6.03 Å². The van der Waals surface area contributed by atoms with Crippen LogP contribution >= 0.6 is 0 Å². The van der Waals surface area contributed by atoms with Gasteiger partial charge in [0.2, 0.25) is 5.91 Å². The fourth-order valence-corrected chi connectivity index (χ4v) is 4.11. The lowest BCUT2D eigenvalue weighted by atomic mass is 9.91. The van der Waals surface area contributed by atoms with Crippen molar-refractivity contribution in [3.05, 3.63) is 35.4 Å². The second-order valence-electron chi connectivity index (χ2n) is 6.76. The van der Waals surface area contributed by atoms with Crippen molar-refractivity contribution >= 4 is 11.9 Å². The zero-order valence-electron chi connectivity index (χ0n) is 13.4. The van der Waals surface area contributed by atoms with Gasteiger partial charge in [0, 0.05) is 26.2 Å². The number of hydrogen-bond acceptors (Lipinski definition) is 2. The SMILES string of the molecule is O=C(N1CCCCC1)N1CC(=O)N2CCc3ccccc3C2C1. The van der Waals surface area contributed by atoms with Crippen molar-refractivity contribution in [1.82, 2.24) is 14.7 Å². The fraction of sp³-hybridized carbons (Fsp3) is 0.556. The number of likely N-dealkylation sites (tertiary alicyclic amines) is 1. The van der Waals surface area contributed by atoms with Crippen LogP contribution in [0.25, 0.3) is 0 Å². The van der Waals surface area contributed by atoms with E-state index in [-0.39, 0.29) is 24.5 Å². The summed E-state index contributed by atoms with van der Waals surface area (Å²) in [7, 11) is 0. The Morgan fingerprint density at radius 3 is 2.61 bits per heavy atom. The molecule has 0 aromatic heterocycles. The number of carbonyl (C=O) groups is 2. The van der Waals surface area contributed by atoms with E-state index in [0.717, 1.165) is 38.9 Å². The molecule has 0 radical (unpaired) electrons. The third-order valence-electron chi connectivity index (χ3n) is 5.35. The summed E-state index contributed by atoms with van der Waals surface area (Å²) in [5.41, 5.74) is 2.53. The highest BCUT2D eigenvalue weighted by molar-refractivity contribution is 5.86. The molecule has 0 aliphatic carbocycles. The lowest BCUT2D eigenvalue weighted by Gasteiger charge is -2.45. The molecule has 1 unspecified atom stereocenters. The number of nitrogens with zero attached hydrogens (tertiary/aromatic N) is 3. The zero-order valence-corrected chi connectivity index (χ0v) is 13.4. The summed E-state index contributed by atoms with van der Waals surface area (Å²) in [5.74, 6) is 0.0844. The maximum Gasteiger partial charge on any atom is 0.320 e. The molecule has 23 heavy (non-hydrogen) atoms. The minimum Gasteiger partial charge on any atom is -0.332 e. The monoisotopic (exact) mass is 313 g/mol. The van der Waals surface area contributed by atoms with Crippen molar-refractivity contribution in [3.63, 3.8) is 0 Å². The quantitative estimate of drug-likeness (QED) is 0.735. The summed E-state index contributed by atoms with van der Waals surface area (Å²) in [4.78, 5) is 31.0. The van der Waals surface area contributed by atoms with Gasteiger partial charge in [-0.1, -0.05) is 24.3 Å². The molecule has 1 aromatic rings. The Kier molecular flexibility index (Phi) is 3.71. The van der Waals surface area contributed by atoms with Gasteiger partial charge in [-0.05, 0) is 36.8 Å². The van der Waals surface area contributed by atoms with E-state index in [2.05, 4.69) is 18.2 Å². The molecule has 2 fully saturated rings. The van der Waals surface area contributed by atoms with Crippen LogP contribution in [0.15, 0.2) is 24.3 Å². The van der Waals surface area contributed by atoms with Crippen molar-refractivity contribution in [2.75, 3.05) is 32.7 Å². The topological polar surface area (TPSA) is 43.9 Å². The van der Waals surface area contributed by atoms with Crippen molar-refractivity contribution < 1.29 is 9.59 Å². The highest BCUT2D eigenvalue weighted by atomic mass is 16.2. The number of urea groups is 1. The highest BCUT2D eigenvalue weighted by Crippen LogP contribution is 2.33. The first-order valence-electron chi connectivity index (χ1n) is 8.65. The molecule has 3 amide bonds. The standard InChI is InChI=1S/C18H23N3O2/c22-17-13-20(18(23)19-9-4-1-5-10-19)12-16-15-7-3-2-6-14(15)8-11-21(16)17/h2-3,6-7,16H,1,4-5,8-13H2. The van der Waals surface area contributed by atoms with Gasteiger partial charge in [0.15, 0.2) is 0 Å². The minimum absolute atomic E-state index is 0.0231. The molecule has 1 atom stereocenters. The van der Waals surface area contributed by atoms with E-state index >= 15 is 0 Å². The number of hydrogen-bond donors (Lipinski definition) is 0. The van der Waals surface area contributed by atoms with Crippen LogP contribution in [-0.4, -0.2) is 59.4 Å². The Balaban J connectivity index is 1.57. The molecule has 3 aliphatic heterocycles. The molecule has 5 nitrogen and oxygen atoms in total. The first-order chi connectivity index (χ1) is 11.2. The van der Waals surface area contributed by atoms with Crippen LogP contribution in [0.1, 0.15) is 36.4 Å². The molecule has 0 bridgehead atoms. The average Bonchev–Trinajstić information content (AvgIpc) is 2.61. The molecule has 0 saturated carbocycles. The van der Waals surface area contributed by atoms with E-state index in [1.807, 2.05) is 15.9 Å². The largest absolute Gasteiger partial charge is 0.332 e. The summed E-state index contributed by atoms with van der Waals surface area (Å²) < 4.78 is 0. The third-order valence-corrected chi connectivity index (χ3v) is 5.35. The molecule has 1 aromatic carbocycles. The van der Waals surface area contributed by atoms with Crippen LogP contribution in [-0.2, 0) is 11.2 Å². The molecule has 2 saturated heterocycles. The number of piperidine rings is 1. The molecule has 3 aliphatic rings. The summed E-state index contributed by atoms with van der Waals surface area (Å²) in [5, 5.41) is 0. The lowest BCUT2D eigenvalue weighted by molar-refractivity contribution is -0.139. The number of piperazine rings is 1. The Hall–Kier alpha value is -2.04. The predicted molar refractivity (Wildman–Crippen MR) is 87.0 cm³/mol. The van der Waals surface area contributed by atoms with Crippen molar-refractivity contribution in [2.45, 2.75) is 31.7 Å². The van der Waals surface area contributed by atoms with Crippen LogP contribution in [0.4, 0.5) is 4.79 Å². The predicted octanol–water partition coefficient (Wildman–Crippen LogP) is 2.03. The number of benzene rings is 1. The molecule has 3 heterocycles. The molecule has 4 rings (SSSR count). The van der Waals surface area contributed by atoms with Crippen molar-refractivity contribution in [2.24, 2.45) is 0 Å². The van der Waals surface area contributed by atoms with Gasteiger partial charge in [-0.3, -0.25) is 4.79 Å². The number of fused-ring (bicyclic) bond motifs is 3. The average molecular weight is 313 g/mol. The summed E-state index contributed by atoms with van der Waals surface area (Å²) in [6, 6.07) is 8.39. The van der Waals surface area contributed by atoms with Crippen molar-refractivity contribution in [1.29, 1.82) is 0 Å². The van der Waals surface area contributed by atoms with Crippen LogP contribution in [0.2, 0.25) is 0 Å². The molecule has 122 valence electrons. The second kappa shape index (κ2) is 5.87.